The minimum absolute atomic E-state index is 0.0136. The van der Waals surface area contributed by atoms with Gasteiger partial charge in [-0.2, -0.15) is 0 Å². The minimum atomic E-state index is -1.43. The lowest BCUT2D eigenvalue weighted by Gasteiger charge is -2.48. The van der Waals surface area contributed by atoms with E-state index in [4.69, 9.17) is 0 Å². The van der Waals surface area contributed by atoms with Gasteiger partial charge in [-0.05, 0) is 66.5 Å². The number of aryl methyl sites for hydroxylation is 1. The Morgan fingerprint density at radius 2 is 1.72 bits per heavy atom. The highest BCUT2D eigenvalue weighted by Gasteiger charge is 2.54. The Bertz CT molecular complexity index is 855. The van der Waals surface area contributed by atoms with Gasteiger partial charge < -0.3 is 0 Å². The third-order valence-electron chi connectivity index (χ3n) is 8.17. The van der Waals surface area contributed by atoms with Crippen molar-refractivity contribution < 1.29 is 4.79 Å². The molecule has 0 aliphatic heterocycles. The van der Waals surface area contributed by atoms with Gasteiger partial charge in [0.2, 0.25) is 0 Å². The van der Waals surface area contributed by atoms with E-state index in [1.165, 1.54) is 24.8 Å². The second-order valence-electron chi connectivity index (χ2n) is 12.4. The van der Waals surface area contributed by atoms with Crippen LogP contribution in [0, 0.1) is 17.3 Å². The maximum absolute atomic E-state index is 12.6. The average molecular weight is 425 g/mol. The first-order valence-electron chi connectivity index (χ1n) is 11.8. The highest BCUT2D eigenvalue weighted by atomic mass is 28.3. The Kier molecular flexibility index (Phi) is 5.18. The molecule has 4 rings (SSSR count). The van der Waals surface area contributed by atoms with Crippen molar-refractivity contribution in [3.05, 3.63) is 34.5 Å². The van der Waals surface area contributed by atoms with Crippen molar-refractivity contribution in [3.8, 4) is 0 Å². The first kappa shape index (κ1) is 21.3. The monoisotopic (exact) mass is 424 g/mol. The van der Waals surface area contributed by atoms with Crippen molar-refractivity contribution >= 4 is 33.2 Å². The number of hydrogen-bond donors (Lipinski definition) is 0. The van der Waals surface area contributed by atoms with Gasteiger partial charge in [-0.3, -0.25) is 4.79 Å². The first-order chi connectivity index (χ1) is 13.4. The van der Waals surface area contributed by atoms with Gasteiger partial charge in [-0.1, -0.05) is 75.3 Å². The van der Waals surface area contributed by atoms with Gasteiger partial charge in [-0.15, -0.1) is 0 Å². The van der Waals surface area contributed by atoms with Crippen LogP contribution in [-0.4, -0.2) is 21.9 Å². The summed E-state index contributed by atoms with van der Waals surface area (Å²) in [6.45, 7) is 17.0. The Morgan fingerprint density at radius 3 is 2.38 bits per heavy atom. The minimum Gasteiger partial charge on any atom is -0.299 e. The van der Waals surface area contributed by atoms with Crippen LogP contribution < -0.4 is 5.19 Å². The fourth-order valence-electron chi connectivity index (χ4n) is 6.54. The van der Waals surface area contributed by atoms with Crippen LogP contribution in [0.5, 0.6) is 0 Å². The summed E-state index contributed by atoms with van der Waals surface area (Å²) >= 11 is 0. The van der Waals surface area contributed by atoms with E-state index in [1.807, 2.05) is 0 Å². The fraction of sp³-hybridized carbons (Fsp3) is 0.654. The molecule has 0 bridgehead atoms. The summed E-state index contributed by atoms with van der Waals surface area (Å²) in [5, 5.41) is 1.64. The molecule has 1 aromatic rings. The van der Waals surface area contributed by atoms with Gasteiger partial charge in [0.05, 0.1) is 16.1 Å². The van der Waals surface area contributed by atoms with Gasteiger partial charge in [0.15, 0.2) is 0 Å². The largest absolute Gasteiger partial charge is 0.299 e. The standard InChI is InChI=1S/C26H40OSi2/c1-26-14-12-20-21(23(26)10-11-25(26)27)9-8-18-16-19(13-15-28(2,3)4)24(17-22(18)20)29(5,6)7/h13,15-17,20-21,23H,8-12,14H2,1-7H3/t20-,21+,23-,26-/m0/s1. The van der Waals surface area contributed by atoms with Crippen molar-refractivity contribution in [2.24, 2.45) is 17.3 Å². The molecule has 0 saturated heterocycles. The van der Waals surface area contributed by atoms with Crippen LogP contribution >= 0.6 is 0 Å². The Labute approximate surface area is 180 Å². The lowest BCUT2D eigenvalue weighted by Crippen LogP contribution is -2.44. The zero-order valence-corrected chi connectivity index (χ0v) is 21.7. The maximum Gasteiger partial charge on any atom is 0.139 e. The molecule has 4 atom stereocenters. The number of fused-ring (bicyclic) bond motifs is 5. The highest BCUT2D eigenvalue weighted by molar-refractivity contribution is 6.89. The van der Waals surface area contributed by atoms with Gasteiger partial charge in [0.25, 0.3) is 0 Å². The van der Waals surface area contributed by atoms with E-state index < -0.39 is 16.1 Å². The van der Waals surface area contributed by atoms with Crippen LogP contribution in [0.2, 0.25) is 39.3 Å². The topological polar surface area (TPSA) is 17.1 Å². The fourth-order valence-corrected chi connectivity index (χ4v) is 8.83. The van der Waals surface area contributed by atoms with Crippen LogP contribution in [0.3, 0.4) is 0 Å². The van der Waals surface area contributed by atoms with E-state index in [0.29, 0.717) is 17.6 Å². The molecular weight excluding hydrogens is 384 g/mol. The van der Waals surface area contributed by atoms with E-state index in [9.17, 15) is 4.79 Å². The summed E-state index contributed by atoms with van der Waals surface area (Å²) < 4.78 is 0. The van der Waals surface area contributed by atoms with Crippen LogP contribution in [-0.2, 0) is 11.2 Å². The Balaban J connectivity index is 1.76. The van der Waals surface area contributed by atoms with E-state index in [-0.39, 0.29) is 5.41 Å². The molecule has 158 valence electrons. The number of ketones is 1. The Hall–Kier alpha value is -0.936. The van der Waals surface area contributed by atoms with Crippen molar-refractivity contribution in [2.75, 3.05) is 0 Å². The van der Waals surface area contributed by atoms with Crippen LogP contribution in [0.4, 0.5) is 0 Å². The third kappa shape index (κ3) is 3.78. The summed E-state index contributed by atoms with van der Waals surface area (Å²) in [6, 6.07) is 5.20. The number of carbonyl (C=O) groups excluding carboxylic acids is 1. The summed E-state index contributed by atoms with van der Waals surface area (Å²) in [5.41, 5.74) is 7.27. The average Bonchev–Trinajstić information content (AvgIpc) is 2.92. The number of rotatable bonds is 3. The molecule has 1 aromatic carbocycles. The van der Waals surface area contributed by atoms with Crippen molar-refractivity contribution in [3.63, 3.8) is 0 Å². The van der Waals surface area contributed by atoms with Gasteiger partial charge in [0.1, 0.15) is 5.78 Å². The van der Waals surface area contributed by atoms with E-state index >= 15 is 0 Å². The molecule has 29 heavy (non-hydrogen) atoms. The molecule has 3 aliphatic rings. The predicted molar refractivity (Wildman–Crippen MR) is 131 cm³/mol. The zero-order valence-electron chi connectivity index (χ0n) is 19.7. The molecule has 2 saturated carbocycles. The predicted octanol–water partition coefficient (Wildman–Crippen LogP) is 6.55. The van der Waals surface area contributed by atoms with Crippen LogP contribution in [0.15, 0.2) is 17.8 Å². The van der Waals surface area contributed by atoms with Crippen molar-refractivity contribution in [1.29, 1.82) is 0 Å². The molecule has 2 fully saturated rings. The molecule has 0 spiro atoms. The van der Waals surface area contributed by atoms with Gasteiger partial charge >= 0.3 is 0 Å². The molecular formula is C26H40OSi2. The van der Waals surface area contributed by atoms with Crippen LogP contribution in [0.1, 0.15) is 61.6 Å². The molecule has 3 aliphatic carbocycles. The van der Waals surface area contributed by atoms with Crippen molar-refractivity contribution in [2.45, 2.75) is 90.6 Å². The third-order valence-corrected chi connectivity index (χ3v) is 11.4. The molecule has 0 radical (unpaired) electrons. The quantitative estimate of drug-likeness (QED) is 0.503. The van der Waals surface area contributed by atoms with E-state index in [0.717, 1.165) is 25.2 Å². The molecule has 3 heteroatoms. The molecule has 0 heterocycles. The maximum atomic E-state index is 12.6. The zero-order chi connectivity index (χ0) is 21.2. The molecule has 0 unspecified atom stereocenters. The second kappa shape index (κ2) is 7.05. The summed E-state index contributed by atoms with van der Waals surface area (Å²) in [4.78, 5) is 12.6. The lowest BCUT2D eigenvalue weighted by atomic mass is 9.55. The van der Waals surface area contributed by atoms with Crippen LogP contribution in [0.25, 0.3) is 6.08 Å². The molecule has 0 amide bonds. The second-order valence-corrected chi connectivity index (χ2v) is 22.5. The summed E-state index contributed by atoms with van der Waals surface area (Å²) in [5.74, 6) is 2.60. The van der Waals surface area contributed by atoms with E-state index in [1.54, 1.807) is 16.3 Å². The summed E-state index contributed by atoms with van der Waals surface area (Å²) in [7, 11) is -2.64. The SMILES string of the molecule is C[C@]12CC[C@@H]3c4cc([Si](C)(C)C)c(C=C[Si](C)(C)C)cc4CC[C@H]3[C@@H]1CCC2=O. The first-order valence-corrected chi connectivity index (χ1v) is 18.9. The number of hydrogen-bond acceptors (Lipinski definition) is 1. The normalized spacial score (nSPS) is 32.2. The number of Topliss-reactive ketones (excluding diaryl/α,β-unsaturated/α-hetero) is 1. The number of carbonyl (C=O) groups is 1. The summed E-state index contributed by atoms with van der Waals surface area (Å²) in [6.07, 6.45) is 9.25. The Morgan fingerprint density at radius 1 is 1.00 bits per heavy atom. The lowest BCUT2D eigenvalue weighted by molar-refractivity contribution is -0.129. The van der Waals surface area contributed by atoms with Gasteiger partial charge in [0, 0.05) is 11.8 Å². The molecule has 0 N–H and O–H groups in total. The molecule has 0 aromatic heterocycles. The van der Waals surface area contributed by atoms with Crippen molar-refractivity contribution in [1.82, 2.24) is 0 Å². The smallest absolute Gasteiger partial charge is 0.139 e. The van der Waals surface area contributed by atoms with Gasteiger partial charge in [-0.25, -0.2) is 0 Å². The number of benzene rings is 1. The molecule has 1 nitrogen and oxygen atoms in total. The van der Waals surface area contributed by atoms with E-state index in [2.05, 4.69) is 70.1 Å². The highest BCUT2D eigenvalue weighted by Crippen LogP contribution is 2.59.